The number of nitrogens with zero attached hydrogens (tertiary/aromatic N) is 1. The summed E-state index contributed by atoms with van der Waals surface area (Å²) in [7, 11) is -3.54. The summed E-state index contributed by atoms with van der Waals surface area (Å²) in [6, 6.07) is 6.50. The molecule has 18 heavy (non-hydrogen) atoms. The Kier molecular flexibility index (Phi) is 3.96. The van der Waals surface area contributed by atoms with Gasteiger partial charge in [0.05, 0.1) is 17.2 Å². The summed E-state index contributed by atoms with van der Waals surface area (Å²) in [6.45, 7) is 4.45. The van der Waals surface area contributed by atoms with Crippen molar-refractivity contribution in [1.82, 2.24) is 4.31 Å². The minimum atomic E-state index is -3.54. The van der Waals surface area contributed by atoms with Gasteiger partial charge in [-0.2, -0.15) is 4.31 Å². The maximum absolute atomic E-state index is 12.5. The van der Waals surface area contributed by atoms with Crippen molar-refractivity contribution < 1.29 is 13.2 Å². The summed E-state index contributed by atoms with van der Waals surface area (Å²) in [5, 5.41) is 0.254. The van der Waals surface area contributed by atoms with E-state index in [1.165, 1.54) is 10.4 Å². The Hall–Kier alpha value is -0.620. The number of benzene rings is 1. The zero-order chi connectivity index (χ0) is 13.3. The first-order chi connectivity index (χ1) is 8.41. The Labute approximate surface area is 113 Å². The molecule has 0 amide bonds. The SMILES string of the molecule is C[C@@H]1CN(S(=O)(=O)c2ccccc2Cl)C[C@H](C)O1. The standard InChI is InChI=1S/C12H16ClNO3S/c1-9-7-14(8-10(2)17-9)18(15,16)12-6-4-3-5-11(12)13/h3-6,9-10H,7-8H2,1-2H3/t9-,10+. The van der Waals surface area contributed by atoms with Gasteiger partial charge in [0.15, 0.2) is 0 Å². The lowest BCUT2D eigenvalue weighted by atomic mass is 10.3. The maximum Gasteiger partial charge on any atom is 0.244 e. The van der Waals surface area contributed by atoms with Gasteiger partial charge in [-0.1, -0.05) is 23.7 Å². The van der Waals surface area contributed by atoms with E-state index in [4.69, 9.17) is 16.3 Å². The number of morpholine rings is 1. The highest BCUT2D eigenvalue weighted by atomic mass is 35.5. The molecule has 100 valence electrons. The minimum absolute atomic E-state index is 0.106. The molecule has 1 aromatic rings. The summed E-state index contributed by atoms with van der Waals surface area (Å²) < 4.78 is 31.9. The quantitative estimate of drug-likeness (QED) is 0.838. The molecule has 1 aromatic carbocycles. The monoisotopic (exact) mass is 289 g/mol. The van der Waals surface area contributed by atoms with Crippen molar-refractivity contribution in [3.05, 3.63) is 29.3 Å². The van der Waals surface area contributed by atoms with Crippen LogP contribution in [0.3, 0.4) is 0 Å². The number of halogens is 1. The van der Waals surface area contributed by atoms with Crippen LogP contribution in [0.15, 0.2) is 29.2 Å². The van der Waals surface area contributed by atoms with Crippen LogP contribution in [0, 0.1) is 0 Å². The maximum atomic E-state index is 12.5. The number of hydrogen-bond donors (Lipinski definition) is 0. The average molecular weight is 290 g/mol. The summed E-state index contributed by atoms with van der Waals surface area (Å²) in [6.07, 6.45) is -0.211. The van der Waals surface area contributed by atoms with Gasteiger partial charge in [-0.25, -0.2) is 8.42 Å². The van der Waals surface area contributed by atoms with Crippen molar-refractivity contribution in [3.63, 3.8) is 0 Å². The van der Waals surface area contributed by atoms with Gasteiger partial charge < -0.3 is 4.74 Å². The van der Waals surface area contributed by atoms with Crippen LogP contribution in [0.1, 0.15) is 13.8 Å². The van der Waals surface area contributed by atoms with Gasteiger partial charge in [-0.15, -0.1) is 0 Å². The fraction of sp³-hybridized carbons (Fsp3) is 0.500. The van der Waals surface area contributed by atoms with Crippen molar-refractivity contribution in [2.45, 2.75) is 31.0 Å². The minimum Gasteiger partial charge on any atom is -0.373 e. The predicted molar refractivity (Wildman–Crippen MR) is 70.2 cm³/mol. The van der Waals surface area contributed by atoms with Gasteiger partial charge in [-0.3, -0.25) is 0 Å². The zero-order valence-electron chi connectivity index (χ0n) is 10.3. The smallest absolute Gasteiger partial charge is 0.244 e. The van der Waals surface area contributed by atoms with E-state index in [2.05, 4.69) is 0 Å². The second kappa shape index (κ2) is 5.17. The summed E-state index contributed by atoms with van der Waals surface area (Å²) >= 11 is 5.96. The first kappa shape index (κ1) is 13.8. The fourth-order valence-corrected chi connectivity index (χ4v) is 4.20. The van der Waals surface area contributed by atoms with Crippen LogP contribution < -0.4 is 0 Å². The van der Waals surface area contributed by atoms with Crippen molar-refractivity contribution in [1.29, 1.82) is 0 Å². The van der Waals surface area contributed by atoms with Crippen LogP contribution in [-0.4, -0.2) is 38.0 Å². The molecular weight excluding hydrogens is 274 g/mol. The van der Waals surface area contributed by atoms with E-state index < -0.39 is 10.0 Å². The Morgan fingerprint density at radius 1 is 1.22 bits per heavy atom. The van der Waals surface area contributed by atoms with Crippen LogP contribution in [0.2, 0.25) is 5.02 Å². The van der Waals surface area contributed by atoms with Crippen molar-refractivity contribution in [2.24, 2.45) is 0 Å². The Morgan fingerprint density at radius 2 is 1.78 bits per heavy atom. The van der Waals surface area contributed by atoms with Crippen LogP contribution in [0.5, 0.6) is 0 Å². The molecule has 4 nitrogen and oxygen atoms in total. The molecule has 1 heterocycles. The second-order valence-electron chi connectivity index (χ2n) is 4.51. The molecule has 0 aliphatic carbocycles. The van der Waals surface area contributed by atoms with Gasteiger partial charge in [0, 0.05) is 13.1 Å². The molecule has 1 saturated heterocycles. The molecule has 1 fully saturated rings. The lowest BCUT2D eigenvalue weighted by Gasteiger charge is -2.34. The van der Waals surface area contributed by atoms with Gasteiger partial charge in [0.1, 0.15) is 4.90 Å². The molecular formula is C12H16ClNO3S. The predicted octanol–water partition coefficient (Wildman–Crippen LogP) is 2.14. The summed E-state index contributed by atoms with van der Waals surface area (Å²) in [5.41, 5.74) is 0. The number of hydrogen-bond acceptors (Lipinski definition) is 3. The van der Waals surface area contributed by atoms with E-state index in [-0.39, 0.29) is 22.1 Å². The lowest BCUT2D eigenvalue weighted by Crippen LogP contribution is -2.48. The van der Waals surface area contributed by atoms with Gasteiger partial charge >= 0.3 is 0 Å². The molecule has 2 atom stereocenters. The van der Waals surface area contributed by atoms with Crippen LogP contribution >= 0.6 is 11.6 Å². The number of rotatable bonds is 2. The highest BCUT2D eigenvalue weighted by Crippen LogP contribution is 2.26. The summed E-state index contributed by atoms with van der Waals surface area (Å²) in [4.78, 5) is 0.160. The van der Waals surface area contributed by atoms with E-state index in [0.29, 0.717) is 13.1 Å². The largest absolute Gasteiger partial charge is 0.373 e. The number of sulfonamides is 1. The van der Waals surface area contributed by atoms with Gasteiger partial charge in [0.2, 0.25) is 10.0 Å². The van der Waals surface area contributed by atoms with Crippen molar-refractivity contribution in [2.75, 3.05) is 13.1 Å². The van der Waals surface area contributed by atoms with Gasteiger partial charge in [-0.05, 0) is 26.0 Å². The Bertz CT molecular complexity index is 522. The summed E-state index contributed by atoms with van der Waals surface area (Å²) in [5.74, 6) is 0. The van der Waals surface area contributed by atoms with Crippen LogP contribution in [0.4, 0.5) is 0 Å². The third kappa shape index (κ3) is 2.69. The normalized spacial score (nSPS) is 26.2. The average Bonchev–Trinajstić information content (AvgIpc) is 2.28. The molecule has 0 radical (unpaired) electrons. The van der Waals surface area contributed by atoms with E-state index in [0.717, 1.165) is 0 Å². The molecule has 0 bridgehead atoms. The van der Waals surface area contributed by atoms with Crippen molar-refractivity contribution in [3.8, 4) is 0 Å². The Morgan fingerprint density at radius 3 is 2.33 bits per heavy atom. The first-order valence-electron chi connectivity index (χ1n) is 5.81. The van der Waals surface area contributed by atoms with Crippen LogP contribution in [-0.2, 0) is 14.8 Å². The van der Waals surface area contributed by atoms with Crippen molar-refractivity contribution >= 4 is 21.6 Å². The molecule has 0 aromatic heterocycles. The molecule has 0 N–H and O–H groups in total. The topological polar surface area (TPSA) is 46.6 Å². The third-order valence-corrected chi connectivity index (χ3v) is 5.17. The van der Waals surface area contributed by atoms with E-state index in [1.807, 2.05) is 13.8 Å². The van der Waals surface area contributed by atoms with E-state index >= 15 is 0 Å². The van der Waals surface area contributed by atoms with E-state index in [9.17, 15) is 8.42 Å². The molecule has 0 spiro atoms. The third-order valence-electron chi connectivity index (χ3n) is 2.84. The lowest BCUT2D eigenvalue weighted by molar-refractivity contribution is -0.0440. The van der Waals surface area contributed by atoms with Gasteiger partial charge in [0.25, 0.3) is 0 Å². The first-order valence-corrected chi connectivity index (χ1v) is 7.63. The highest BCUT2D eigenvalue weighted by molar-refractivity contribution is 7.89. The van der Waals surface area contributed by atoms with E-state index in [1.54, 1.807) is 18.2 Å². The zero-order valence-corrected chi connectivity index (χ0v) is 11.9. The molecule has 2 rings (SSSR count). The fourth-order valence-electron chi connectivity index (χ4n) is 2.12. The molecule has 0 unspecified atom stereocenters. The molecule has 1 aliphatic heterocycles. The second-order valence-corrected chi connectivity index (χ2v) is 6.82. The molecule has 0 saturated carbocycles. The number of ether oxygens (including phenoxy) is 1. The molecule has 6 heteroatoms. The highest BCUT2D eigenvalue weighted by Gasteiger charge is 2.33. The Balaban J connectivity index is 2.34. The molecule has 1 aliphatic rings. The van der Waals surface area contributed by atoms with Crippen LogP contribution in [0.25, 0.3) is 0 Å².